The van der Waals surface area contributed by atoms with Gasteiger partial charge in [-0.05, 0) is 84.8 Å². The van der Waals surface area contributed by atoms with Crippen LogP contribution in [0.1, 0.15) is 33.4 Å². The first-order valence-corrected chi connectivity index (χ1v) is 18.9. The van der Waals surface area contributed by atoms with Gasteiger partial charge in [0.2, 0.25) is 11.8 Å². The fourth-order valence-corrected chi connectivity index (χ4v) is 6.19. The van der Waals surface area contributed by atoms with Crippen molar-refractivity contribution in [3.05, 3.63) is 153 Å². The second-order valence-corrected chi connectivity index (χ2v) is 13.6. The molecule has 4 aromatic carbocycles. The van der Waals surface area contributed by atoms with Crippen molar-refractivity contribution in [2.75, 3.05) is 14.2 Å². The number of esters is 1. The SMILES string of the molecule is CO/C=C(/C(=O)OC)c1ccccc1Oc1cc(Oc2ccccc2C#N)ncn1.Cc1cc(-c2nn(C)c(Cl)c2C)ccc1OCc1c(C)cccc1-n1nnn(C)c1=O. The van der Waals surface area contributed by atoms with E-state index in [0.29, 0.717) is 40.1 Å². The standard InChI is InChI=1S/C22H23ClN6O2.C22H17N3O5/c1-13-7-6-8-18(29-22(30)28(5)25-26-29)17(13)12-31-19-10-9-16(11-14(19)2)20-15(3)21(23)27(4)24-20;1-27-13-17(22(26)28-2)16-8-4-6-10-19(16)30-21-11-20(24-14-25-21)29-18-9-5-3-7-15(18)12-23/h6-11H,12H2,1-5H3;3-11,13-14H,1-2H3/b;17-13+. The second kappa shape index (κ2) is 19.3. The highest BCUT2D eigenvalue weighted by Crippen LogP contribution is 2.33. The Morgan fingerprint density at radius 2 is 1.52 bits per heavy atom. The van der Waals surface area contributed by atoms with E-state index in [1.807, 2.05) is 64.2 Å². The van der Waals surface area contributed by atoms with Crippen LogP contribution in [0.4, 0.5) is 0 Å². The van der Waals surface area contributed by atoms with Gasteiger partial charge in [-0.15, -0.1) is 0 Å². The minimum Gasteiger partial charge on any atom is -0.503 e. The smallest absolute Gasteiger partial charge is 0.368 e. The zero-order valence-corrected chi connectivity index (χ0v) is 35.0. The summed E-state index contributed by atoms with van der Waals surface area (Å²) in [6.07, 6.45) is 2.55. The molecule has 0 amide bonds. The third-order valence-electron chi connectivity index (χ3n) is 9.23. The summed E-state index contributed by atoms with van der Waals surface area (Å²) in [5, 5.41) is 22.1. The molecule has 0 unspecified atom stereocenters. The molecular weight excluding hydrogens is 802 g/mol. The van der Waals surface area contributed by atoms with Gasteiger partial charge in [-0.1, -0.05) is 54.1 Å². The molecule has 0 aliphatic carbocycles. The van der Waals surface area contributed by atoms with Crippen LogP contribution in [0.15, 0.2) is 108 Å². The lowest BCUT2D eigenvalue weighted by molar-refractivity contribution is -0.133. The van der Waals surface area contributed by atoms with E-state index in [1.165, 1.54) is 42.2 Å². The molecule has 16 nitrogen and oxygen atoms in total. The number of aryl methyl sites for hydroxylation is 4. The van der Waals surface area contributed by atoms with E-state index in [4.69, 9.17) is 35.3 Å². The van der Waals surface area contributed by atoms with Gasteiger partial charge in [0, 0.05) is 36.3 Å². The van der Waals surface area contributed by atoms with Crippen LogP contribution in [-0.2, 0) is 35.0 Å². The fraction of sp³-hybridized carbons (Fsp3) is 0.182. The van der Waals surface area contributed by atoms with Crippen molar-refractivity contribution >= 4 is 23.1 Å². The maximum Gasteiger partial charge on any atom is 0.368 e. The minimum atomic E-state index is -0.576. The number of hydrogen-bond acceptors (Lipinski definition) is 13. The molecule has 7 rings (SSSR count). The number of rotatable bonds is 12. The van der Waals surface area contributed by atoms with Crippen LogP contribution in [0, 0.1) is 32.1 Å². The molecule has 0 saturated carbocycles. The van der Waals surface area contributed by atoms with E-state index < -0.39 is 5.97 Å². The molecule has 61 heavy (non-hydrogen) atoms. The number of para-hydroxylation sites is 2. The Labute approximate surface area is 355 Å². The third kappa shape index (κ3) is 9.75. The summed E-state index contributed by atoms with van der Waals surface area (Å²) < 4.78 is 31.7. The van der Waals surface area contributed by atoms with E-state index in [9.17, 15) is 14.9 Å². The normalized spacial score (nSPS) is 10.9. The molecule has 0 atom stereocenters. The number of benzene rings is 4. The van der Waals surface area contributed by atoms with Crippen LogP contribution >= 0.6 is 11.6 Å². The van der Waals surface area contributed by atoms with E-state index in [2.05, 4.69) is 31.6 Å². The van der Waals surface area contributed by atoms with E-state index in [0.717, 1.165) is 39.3 Å². The van der Waals surface area contributed by atoms with Gasteiger partial charge in [0.15, 0.2) is 0 Å². The fourth-order valence-electron chi connectivity index (χ4n) is 6.07. The number of nitriles is 1. The number of nitrogens with zero attached hydrogens (tertiary/aromatic N) is 9. The molecule has 3 heterocycles. The number of hydrogen-bond donors (Lipinski definition) is 0. The summed E-state index contributed by atoms with van der Waals surface area (Å²) in [5.74, 6) is 1.27. The Balaban J connectivity index is 0.000000204. The number of halogens is 1. The average Bonchev–Trinajstić information content (AvgIpc) is 3.74. The Kier molecular flexibility index (Phi) is 13.6. The van der Waals surface area contributed by atoms with Crippen molar-refractivity contribution in [1.29, 1.82) is 5.26 Å². The summed E-state index contributed by atoms with van der Waals surface area (Å²) in [6, 6.07) is 28.8. The number of carbonyl (C=O) groups is 1. The van der Waals surface area contributed by atoms with Crippen LogP contribution in [0.3, 0.4) is 0 Å². The van der Waals surface area contributed by atoms with Crippen molar-refractivity contribution in [3.63, 3.8) is 0 Å². The number of methoxy groups -OCH3 is 2. The Bertz CT molecular complexity index is 2840. The zero-order valence-electron chi connectivity index (χ0n) is 34.3. The summed E-state index contributed by atoms with van der Waals surface area (Å²) in [5.41, 5.74) is 6.99. The maximum atomic E-state index is 12.3. The predicted octanol–water partition coefficient (Wildman–Crippen LogP) is 7.62. The number of carbonyl (C=O) groups excluding carboxylic acids is 1. The molecule has 7 aromatic rings. The van der Waals surface area contributed by atoms with Crippen molar-refractivity contribution < 1.29 is 28.5 Å². The summed E-state index contributed by atoms with van der Waals surface area (Å²) in [7, 11) is 6.10. The monoisotopic (exact) mass is 841 g/mol. The van der Waals surface area contributed by atoms with Crippen LogP contribution < -0.4 is 19.9 Å². The van der Waals surface area contributed by atoms with Crippen molar-refractivity contribution in [1.82, 2.24) is 39.5 Å². The van der Waals surface area contributed by atoms with Gasteiger partial charge in [-0.3, -0.25) is 4.68 Å². The Morgan fingerprint density at radius 3 is 2.16 bits per heavy atom. The first kappa shape index (κ1) is 42.8. The summed E-state index contributed by atoms with van der Waals surface area (Å²) in [6.45, 7) is 6.22. The molecular formula is C44H40ClN9O7. The van der Waals surface area contributed by atoms with Gasteiger partial charge < -0.3 is 23.7 Å². The molecule has 17 heteroatoms. The van der Waals surface area contributed by atoms with Gasteiger partial charge >= 0.3 is 11.7 Å². The molecule has 0 aliphatic heterocycles. The molecule has 0 N–H and O–H groups in total. The van der Waals surface area contributed by atoms with E-state index in [1.54, 1.807) is 60.3 Å². The van der Waals surface area contributed by atoms with Gasteiger partial charge in [-0.2, -0.15) is 19.7 Å². The van der Waals surface area contributed by atoms with Gasteiger partial charge in [-0.25, -0.2) is 19.6 Å². The highest BCUT2D eigenvalue weighted by molar-refractivity contribution is 6.30. The van der Waals surface area contributed by atoms with Crippen LogP contribution in [0.25, 0.3) is 22.5 Å². The number of tetrazole rings is 1. The van der Waals surface area contributed by atoms with E-state index in [-0.39, 0.29) is 23.0 Å². The highest BCUT2D eigenvalue weighted by Gasteiger charge is 2.20. The Hall–Kier alpha value is -7.77. The molecule has 0 spiro atoms. The molecule has 3 aromatic heterocycles. The topological polar surface area (TPSA) is 183 Å². The van der Waals surface area contributed by atoms with Crippen LogP contribution in [-0.4, -0.2) is 59.7 Å². The highest BCUT2D eigenvalue weighted by atomic mass is 35.5. The van der Waals surface area contributed by atoms with Crippen molar-refractivity contribution in [2.24, 2.45) is 14.1 Å². The maximum absolute atomic E-state index is 12.3. The average molecular weight is 842 g/mol. The number of ether oxygens (including phenoxy) is 5. The first-order valence-electron chi connectivity index (χ1n) is 18.5. The second-order valence-electron chi connectivity index (χ2n) is 13.3. The number of aromatic nitrogens is 8. The van der Waals surface area contributed by atoms with Crippen LogP contribution in [0.5, 0.6) is 29.0 Å². The lowest BCUT2D eigenvalue weighted by atomic mass is 10.1. The summed E-state index contributed by atoms with van der Waals surface area (Å²) >= 11 is 6.27. The van der Waals surface area contributed by atoms with Gasteiger partial charge in [0.1, 0.15) is 47.0 Å². The van der Waals surface area contributed by atoms with Gasteiger partial charge in [0.25, 0.3) is 0 Å². The molecule has 0 aliphatic rings. The lowest BCUT2D eigenvalue weighted by Crippen LogP contribution is -2.23. The lowest BCUT2D eigenvalue weighted by Gasteiger charge is -2.14. The van der Waals surface area contributed by atoms with Crippen molar-refractivity contribution in [3.8, 4) is 52.0 Å². The molecule has 0 bridgehead atoms. The predicted molar refractivity (Wildman–Crippen MR) is 226 cm³/mol. The first-order chi connectivity index (χ1) is 29.4. The van der Waals surface area contributed by atoms with Crippen LogP contribution in [0.2, 0.25) is 5.15 Å². The Morgan fingerprint density at radius 1 is 0.820 bits per heavy atom. The molecule has 0 fully saturated rings. The molecule has 0 saturated heterocycles. The largest absolute Gasteiger partial charge is 0.503 e. The summed E-state index contributed by atoms with van der Waals surface area (Å²) in [4.78, 5) is 32.6. The molecule has 310 valence electrons. The molecule has 0 radical (unpaired) electrons. The minimum absolute atomic E-state index is 0.184. The quantitative estimate of drug-likeness (QED) is 0.0666. The third-order valence-corrected chi connectivity index (χ3v) is 9.75. The van der Waals surface area contributed by atoms with E-state index >= 15 is 0 Å². The zero-order chi connectivity index (χ0) is 43.6. The van der Waals surface area contributed by atoms with Gasteiger partial charge in [0.05, 0.1) is 43.5 Å². The van der Waals surface area contributed by atoms with Crippen molar-refractivity contribution in [2.45, 2.75) is 27.4 Å².